The number of H-pyrrole nitrogens is 1. The predicted octanol–water partition coefficient (Wildman–Crippen LogP) is 4.83. The van der Waals surface area contributed by atoms with E-state index in [0.717, 1.165) is 42.3 Å². The van der Waals surface area contributed by atoms with E-state index in [-0.39, 0.29) is 0 Å². The summed E-state index contributed by atoms with van der Waals surface area (Å²) in [6, 6.07) is 14.1. The van der Waals surface area contributed by atoms with Crippen molar-refractivity contribution in [3.8, 4) is 5.75 Å². The van der Waals surface area contributed by atoms with Crippen LogP contribution in [0, 0.1) is 0 Å². The number of benzene rings is 2. The zero-order valence-corrected chi connectivity index (χ0v) is 15.9. The Bertz CT molecular complexity index is 862. The summed E-state index contributed by atoms with van der Waals surface area (Å²) in [6.45, 7) is 2.41. The van der Waals surface area contributed by atoms with Gasteiger partial charge in [0.05, 0.1) is 6.61 Å². The van der Waals surface area contributed by atoms with Crippen molar-refractivity contribution >= 4 is 34.5 Å². The summed E-state index contributed by atoms with van der Waals surface area (Å²) in [5.41, 5.74) is 2.46. The van der Waals surface area contributed by atoms with Gasteiger partial charge >= 0.3 is 0 Å². The lowest BCUT2D eigenvalue weighted by Gasteiger charge is -2.07. The molecule has 2 N–H and O–H groups in total. The molecule has 1 fully saturated rings. The third-order valence-electron chi connectivity index (χ3n) is 4.31. The Morgan fingerprint density at radius 1 is 1.23 bits per heavy atom. The van der Waals surface area contributed by atoms with Crippen LogP contribution in [0.25, 0.3) is 10.9 Å². The molecule has 6 heteroatoms. The van der Waals surface area contributed by atoms with Crippen molar-refractivity contribution in [3.05, 3.63) is 59.2 Å². The fraction of sp³-hybridized carbons (Fsp3) is 0.300. The van der Waals surface area contributed by atoms with Crippen LogP contribution < -0.4 is 9.46 Å². The van der Waals surface area contributed by atoms with Gasteiger partial charge in [0.2, 0.25) is 0 Å². The summed E-state index contributed by atoms with van der Waals surface area (Å²) < 4.78 is 14.2. The third-order valence-corrected chi connectivity index (χ3v) is 5.40. The smallest absolute Gasteiger partial charge is 0.119 e. The summed E-state index contributed by atoms with van der Waals surface area (Å²) >= 11 is 7.75. The first-order chi connectivity index (χ1) is 12.8. The van der Waals surface area contributed by atoms with Crippen LogP contribution in [-0.2, 0) is 11.2 Å². The minimum absolute atomic E-state index is 0.291. The van der Waals surface area contributed by atoms with Crippen molar-refractivity contribution in [2.75, 3.05) is 19.8 Å². The highest BCUT2D eigenvalue weighted by molar-refractivity contribution is 7.97. The molecule has 3 aromatic rings. The normalized spacial score (nSPS) is 16.1. The number of aryl methyl sites for hydroxylation is 1. The highest BCUT2D eigenvalue weighted by Gasteiger charge is 2.22. The van der Waals surface area contributed by atoms with Gasteiger partial charge in [0, 0.05) is 33.6 Å². The maximum Gasteiger partial charge on any atom is 0.119 e. The van der Waals surface area contributed by atoms with E-state index in [4.69, 9.17) is 21.1 Å². The molecule has 0 amide bonds. The molecule has 1 aliphatic heterocycles. The SMILES string of the molecule is Clc1ccc2[nH]cc(CCCNSc3ccc(OCC4CO4)cc3)c2c1. The highest BCUT2D eigenvalue weighted by atomic mass is 35.5. The molecular weight excluding hydrogens is 368 g/mol. The Balaban J connectivity index is 1.19. The van der Waals surface area contributed by atoms with E-state index >= 15 is 0 Å². The molecule has 0 radical (unpaired) electrons. The minimum atomic E-state index is 0.291. The van der Waals surface area contributed by atoms with Gasteiger partial charge in [-0.1, -0.05) is 11.6 Å². The molecule has 1 aliphatic rings. The number of hydrogen-bond acceptors (Lipinski definition) is 4. The average molecular weight is 389 g/mol. The number of nitrogens with one attached hydrogen (secondary N) is 2. The topological polar surface area (TPSA) is 49.6 Å². The fourth-order valence-corrected chi connectivity index (χ4v) is 3.66. The van der Waals surface area contributed by atoms with Crippen molar-refractivity contribution in [1.82, 2.24) is 9.71 Å². The lowest BCUT2D eigenvalue weighted by atomic mass is 10.1. The molecule has 0 saturated carbocycles. The second-order valence-electron chi connectivity index (χ2n) is 6.34. The molecule has 2 aromatic carbocycles. The number of fused-ring (bicyclic) bond motifs is 1. The van der Waals surface area contributed by atoms with Crippen LogP contribution in [0.5, 0.6) is 5.75 Å². The maximum absolute atomic E-state index is 6.10. The van der Waals surface area contributed by atoms with Crippen molar-refractivity contribution in [1.29, 1.82) is 0 Å². The average Bonchev–Trinajstić information content (AvgIpc) is 3.41. The van der Waals surface area contributed by atoms with Gasteiger partial charge in [-0.05, 0) is 72.8 Å². The van der Waals surface area contributed by atoms with Gasteiger partial charge in [0.1, 0.15) is 18.5 Å². The summed E-state index contributed by atoms with van der Waals surface area (Å²) in [5.74, 6) is 0.892. The molecule has 2 heterocycles. The van der Waals surface area contributed by atoms with Gasteiger partial charge in [0.15, 0.2) is 0 Å². The number of aromatic nitrogens is 1. The predicted molar refractivity (Wildman–Crippen MR) is 107 cm³/mol. The lowest BCUT2D eigenvalue weighted by molar-refractivity contribution is 0.263. The molecule has 1 aromatic heterocycles. The Morgan fingerprint density at radius 2 is 2.08 bits per heavy atom. The van der Waals surface area contributed by atoms with Gasteiger partial charge in [-0.25, -0.2) is 0 Å². The van der Waals surface area contributed by atoms with E-state index in [2.05, 4.69) is 28.0 Å². The molecule has 0 aliphatic carbocycles. The molecule has 1 unspecified atom stereocenters. The van der Waals surface area contributed by atoms with E-state index in [1.54, 1.807) is 11.9 Å². The first-order valence-corrected chi connectivity index (χ1v) is 9.97. The molecule has 0 spiro atoms. The van der Waals surface area contributed by atoms with Crippen molar-refractivity contribution < 1.29 is 9.47 Å². The second-order valence-corrected chi connectivity index (χ2v) is 7.74. The Labute approximate surface area is 162 Å². The van der Waals surface area contributed by atoms with Crippen LogP contribution in [0.15, 0.2) is 53.6 Å². The van der Waals surface area contributed by atoms with E-state index < -0.39 is 0 Å². The van der Waals surface area contributed by atoms with Gasteiger partial charge in [-0.2, -0.15) is 0 Å². The van der Waals surface area contributed by atoms with E-state index in [1.807, 2.05) is 30.3 Å². The van der Waals surface area contributed by atoms with Crippen LogP contribution >= 0.6 is 23.5 Å². The first kappa shape index (κ1) is 17.7. The molecule has 26 heavy (non-hydrogen) atoms. The summed E-state index contributed by atoms with van der Waals surface area (Å²) in [7, 11) is 0. The van der Waals surface area contributed by atoms with Crippen LogP contribution in [0.4, 0.5) is 0 Å². The molecule has 4 rings (SSSR count). The van der Waals surface area contributed by atoms with Gasteiger partial charge in [-0.3, -0.25) is 4.72 Å². The number of rotatable bonds is 9. The van der Waals surface area contributed by atoms with E-state index in [0.29, 0.717) is 12.7 Å². The van der Waals surface area contributed by atoms with Gasteiger partial charge in [-0.15, -0.1) is 0 Å². The Morgan fingerprint density at radius 3 is 2.88 bits per heavy atom. The molecule has 4 nitrogen and oxygen atoms in total. The Hall–Kier alpha value is -1.66. The number of epoxide rings is 1. The lowest BCUT2D eigenvalue weighted by Crippen LogP contribution is -2.06. The first-order valence-electron chi connectivity index (χ1n) is 8.77. The zero-order chi connectivity index (χ0) is 17.8. The van der Waals surface area contributed by atoms with Crippen molar-refractivity contribution in [2.24, 2.45) is 0 Å². The standard InChI is InChI=1S/C20H21ClN2O2S/c21-15-3-8-20-19(10-15)14(11-22-20)2-1-9-23-26-18-6-4-16(5-7-18)24-12-17-13-25-17/h3-8,10-11,17,22-23H,1-2,9,12-13H2. The number of ether oxygens (including phenoxy) is 2. The Kier molecular flexibility index (Phi) is 5.70. The summed E-state index contributed by atoms with van der Waals surface area (Å²) in [4.78, 5) is 4.48. The van der Waals surface area contributed by atoms with Crippen LogP contribution in [-0.4, -0.2) is 30.8 Å². The molecular formula is C20H21ClN2O2S. The van der Waals surface area contributed by atoms with Crippen molar-refractivity contribution in [2.45, 2.75) is 23.8 Å². The number of hydrogen-bond donors (Lipinski definition) is 2. The van der Waals surface area contributed by atoms with Crippen molar-refractivity contribution in [3.63, 3.8) is 0 Å². The largest absolute Gasteiger partial charge is 0.491 e. The molecule has 136 valence electrons. The highest BCUT2D eigenvalue weighted by Crippen LogP contribution is 2.24. The van der Waals surface area contributed by atoms with E-state index in [1.165, 1.54) is 15.8 Å². The summed E-state index contributed by atoms with van der Waals surface area (Å²) in [5, 5.41) is 2.00. The van der Waals surface area contributed by atoms with Crippen LogP contribution in [0.2, 0.25) is 5.02 Å². The zero-order valence-electron chi connectivity index (χ0n) is 14.3. The maximum atomic E-state index is 6.10. The molecule has 0 bridgehead atoms. The van der Waals surface area contributed by atoms with Gasteiger partial charge in [0.25, 0.3) is 0 Å². The quantitative estimate of drug-likeness (QED) is 0.313. The minimum Gasteiger partial charge on any atom is -0.491 e. The summed E-state index contributed by atoms with van der Waals surface area (Å²) in [6.07, 6.45) is 4.46. The fourth-order valence-electron chi connectivity index (χ4n) is 2.80. The van der Waals surface area contributed by atoms with E-state index in [9.17, 15) is 0 Å². The van der Waals surface area contributed by atoms with Crippen LogP contribution in [0.3, 0.4) is 0 Å². The number of aromatic amines is 1. The van der Waals surface area contributed by atoms with Gasteiger partial charge < -0.3 is 14.5 Å². The molecule has 1 saturated heterocycles. The monoisotopic (exact) mass is 388 g/mol. The third kappa shape index (κ3) is 4.74. The van der Waals surface area contributed by atoms with Crippen LogP contribution in [0.1, 0.15) is 12.0 Å². The molecule has 1 atom stereocenters. The number of halogens is 1. The second kappa shape index (κ2) is 8.35.